The van der Waals surface area contributed by atoms with Gasteiger partial charge in [-0.25, -0.2) is 0 Å². The zero-order valence-corrected chi connectivity index (χ0v) is 16.9. The van der Waals surface area contributed by atoms with E-state index in [4.69, 9.17) is 9.15 Å². The Kier molecular flexibility index (Phi) is 7.02. The summed E-state index contributed by atoms with van der Waals surface area (Å²) in [5, 5.41) is 11.0. The van der Waals surface area contributed by atoms with Crippen molar-refractivity contribution in [3.8, 4) is 17.2 Å². The molecule has 1 amide bonds. The van der Waals surface area contributed by atoms with Crippen LogP contribution in [0.15, 0.2) is 64.2 Å². The molecule has 29 heavy (non-hydrogen) atoms. The van der Waals surface area contributed by atoms with Crippen LogP contribution in [-0.2, 0) is 16.0 Å². The van der Waals surface area contributed by atoms with Gasteiger partial charge < -0.3 is 14.5 Å². The summed E-state index contributed by atoms with van der Waals surface area (Å²) in [6, 6.07) is 16.2. The molecule has 1 N–H and O–H groups in total. The molecule has 1 unspecified atom stereocenters. The van der Waals surface area contributed by atoms with E-state index in [1.165, 1.54) is 6.92 Å². The fourth-order valence-electron chi connectivity index (χ4n) is 2.63. The molecule has 0 radical (unpaired) electrons. The van der Waals surface area contributed by atoms with E-state index in [0.29, 0.717) is 12.3 Å². The molecule has 0 saturated carbocycles. The average molecular weight is 411 g/mol. The molecule has 0 aliphatic carbocycles. The van der Waals surface area contributed by atoms with Crippen LogP contribution in [-0.4, -0.2) is 40.8 Å². The van der Waals surface area contributed by atoms with Crippen LogP contribution >= 0.6 is 11.8 Å². The summed E-state index contributed by atoms with van der Waals surface area (Å²) in [5.74, 6) is 0.807. The predicted octanol–water partition coefficient (Wildman–Crippen LogP) is 3.15. The molecule has 0 saturated heterocycles. The molecule has 1 atom stereocenters. The number of ether oxygens (including phenoxy) is 1. The Balaban J connectivity index is 1.54. The highest BCUT2D eigenvalue weighted by molar-refractivity contribution is 7.99. The first kappa shape index (κ1) is 20.6. The van der Waals surface area contributed by atoms with Crippen LogP contribution in [0.4, 0.5) is 0 Å². The Bertz CT molecular complexity index is 958. The van der Waals surface area contributed by atoms with Crippen molar-refractivity contribution in [2.24, 2.45) is 0 Å². The third-order valence-corrected chi connectivity index (χ3v) is 5.00. The SMILES string of the molecule is COc1ccc(-c2nnc(SCC(=O)NC(Cc3ccccc3)C(C)=O)o2)cc1. The standard InChI is InChI=1S/C21H21N3O4S/c1-14(25)18(12-15-6-4-3-5-7-15)22-19(26)13-29-21-24-23-20(28-21)16-8-10-17(27-2)11-9-16/h3-11,18H,12-13H2,1-2H3,(H,22,26). The van der Waals surface area contributed by atoms with E-state index in [1.807, 2.05) is 42.5 Å². The second-order valence-electron chi connectivity index (χ2n) is 6.31. The number of Topliss-reactive ketones (excluding diaryl/α,β-unsaturated/α-hetero) is 1. The number of ketones is 1. The van der Waals surface area contributed by atoms with E-state index in [1.54, 1.807) is 19.2 Å². The first-order valence-corrected chi connectivity index (χ1v) is 9.98. The lowest BCUT2D eigenvalue weighted by Gasteiger charge is -2.15. The van der Waals surface area contributed by atoms with Crippen LogP contribution in [0.25, 0.3) is 11.5 Å². The van der Waals surface area contributed by atoms with Crippen molar-refractivity contribution in [3.05, 3.63) is 60.2 Å². The summed E-state index contributed by atoms with van der Waals surface area (Å²) >= 11 is 1.12. The Labute approximate surface area is 172 Å². The summed E-state index contributed by atoms with van der Waals surface area (Å²) < 4.78 is 10.7. The van der Waals surface area contributed by atoms with Gasteiger partial charge in [-0.05, 0) is 43.2 Å². The number of methoxy groups -OCH3 is 1. The lowest BCUT2D eigenvalue weighted by atomic mass is 10.0. The molecule has 0 aliphatic rings. The molecular weight excluding hydrogens is 390 g/mol. The maximum absolute atomic E-state index is 12.3. The van der Waals surface area contributed by atoms with E-state index in [0.717, 1.165) is 28.6 Å². The number of carbonyl (C=O) groups is 2. The predicted molar refractivity (Wildman–Crippen MR) is 110 cm³/mol. The molecule has 2 aromatic carbocycles. The van der Waals surface area contributed by atoms with Crippen molar-refractivity contribution in [3.63, 3.8) is 0 Å². The first-order valence-electron chi connectivity index (χ1n) is 8.99. The van der Waals surface area contributed by atoms with E-state index >= 15 is 0 Å². The minimum absolute atomic E-state index is 0.0722. The van der Waals surface area contributed by atoms with Crippen LogP contribution < -0.4 is 10.1 Å². The molecule has 1 aromatic heterocycles. The monoisotopic (exact) mass is 411 g/mol. The molecule has 1 heterocycles. The summed E-state index contributed by atoms with van der Waals surface area (Å²) in [5.41, 5.74) is 1.75. The molecule has 0 bridgehead atoms. The van der Waals surface area contributed by atoms with Gasteiger partial charge in [0, 0.05) is 5.56 Å². The van der Waals surface area contributed by atoms with E-state index in [2.05, 4.69) is 15.5 Å². The number of hydrogen-bond donors (Lipinski definition) is 1. The van der Waals surface area contributed by atoms with Crippen LogP contribution in [0.5, 0.6) is 5.75 Å². The number of benzene rings is 2. The van der Waals surface area contributed by atoms with Gasteiger partial charge in [-0.2, -0.15) is 0 Å². The molecule has 150 valence electrons. The van der Waals surface area contributed by atoms with Gasteiger partial charge in [-0.3, -0.25) is 9.59 Å². The van der Waals surface area contributed by atoms with Crippen LogP contribution in [0.2, 0.25) is 0 Å². The number of hydrogen-bond acceptors (Lipinski definition) is 7. The van der Waals surface area contributed by atoms with Crippen molar-refractivity contribution < 1.29 is 18.7 Å². The van der Waals surface area contributed by atoms with E-state index in [-0.39, 0.29) is 22.7 Å². The number of rotatable bonds is 9. The smallest absolute Gasteiger partial charge is 0.277 e. The van der Waals surface area contributed by atoms with Gasteiger partial charge in [0.15, 0.2) is 5.78 Å². The maximum Gasteiger partial charge on any atom is 0.277 e. The van der Waals surface area contributed by atoms with Crippen molar-refractivity contribution in [1.82, 2.24) is 15.5 Å². The molecule has 8 heteroatoms. The minimum atomic E-state index is -0.567. The Morgan fingerprint density at radius 3 is 2.48 bits per heavy atom. The van der Waals surface area contributed by atoms with E-state index < -0.39 is 6.04 Å². The number of nitrogens with zero attached hydrogens (tertiary/aromatic N) is 2. The van der Waals surface area contributed by atoms with Gasteiger partial charge in [0.05, 0.1) is 18.9 Å². The number of nitrogens with one attached hydrogen (secondary N) is 1. The molecule has 0 aliphatic heterocycles. The molecule has 0 spiro atoms. The summed E-state index contributed by atoms with van der Waals surface area (Å²) in [7, 11) is 1.60. The third-order valence-electron chi connectivity index (χ3n) is 4.18. The number of carbonyl (C=O) groups excluding carboxylic acids is 2. The lowest BCUT2D eigenvalue weighted by molar-refractivity contribution is -0.125. The first-order chi connectivity index (χ1) is 14.0. The fourth-order valence-corrected chi connectivity index (χ4v) is 3.20. The number of amides is 1. The molecular formula is C21H21N3O4S. The Hall–Kier alpha value is -3.13. The Morgan fingerprint density at radius 2 is 1.83 bits per heavy atom. The van der Waals surface area contributed by atoms with Gasteiger partial charge >= 0.3 is 0 Å². The fraction of sp³-hybridized carbons (Fsp3) is 0.238. The zero-order chi connectivity index (χ0) is 20.6. The van der Waals surface area contributed by atoms with Gasteiger partial charge in [-0.1, -0.05) is 42.1 Å². The van der Waals surface area contributed by atoms with Crippen molar-refractivity contribution in [2.45, 2.75) is 24.6 Å². The molecule has 7 nitrogen and oxygen atoms in total. The van der Waals surface area contributed by atoms with Gasteiger partial charge in [0.1, 0.15) is 5.75 Å². The highest BCUT2D eigenvalue weighted by Gasteiger charge is 2.18. The highest BCUT2D eigenvalue weighted by atomic mass is 32.2. The molecule has 3 rings (SSSR count). The van der Waals surface area contributed by atoms with Crippen molar-refractivity contribution in [2.75, 3.05) is 12.9 Å². The zero-order valence-electron chi connectivity index (χ0n) is 16.1. The van der Waals surface area contributed by atoms with Gasteiger partial charge in [0.25, 0.3) is 5.22 Å². The number of aromatic nitrogens is 2. The van der Waals surface area contributed by atoms with Crippen LogP contribution in [0, 0.1) is 0 Å². The average Bonchev–Trinajstić information content (AvgIpc) is 3.21. The quantitative estimate of drug-likeness (QED) is 0.541. The molecule has 0 fully saturated rings. The third kappa shape index (κ3) is 5.92. The lowest BCUT2D eigenvalue weighted by Crippen LogP contribution is -2.42. The largest absolute Gasteiger partial charge is 0.497 e. The van der Waals surface area contributed by atoms with Gasteiger partial charge in [0.2, 0.25) is 11.8 Å². The van der Waals surface area contributed by atoms with Gasteiger partial charge in [-0.15, -0.1) is 10.2 Å². The molecule has 3 aromatic rings. The topological polar surface area (TPSA) is 94.3 Å². The van der Waals surface area contributed by atoms with Crippen LogP contribution in [0.3, 0.4) is 0 Å². The summed E-state index contributed by atoms with van der Waals surface area (Å²) in [6.07, 6.45) is 0.453. The van der Waals surface area contributed by atoms with E-state index in [9.17, 15) is 9.59 Å². The minimum Gasteiger partial charge on any atom is -0.497 e. The highest BCUT2D eigenvalue weighted by Crippen LogP contribution is 2.24. The van der Waals surface area contributed by atoms with Crippen molar-refractivity contribution in [1.29, 1.82) is 0 Å². The number of thioether (sulfide) groups is 1. The van der Waals surface area contributed by atoms with Crippen LogP contribution in [0.1, 0.15) is 12.5 Å². The normalized spacial score (nSPS) is 11.7. The maximum atomic E-state index is 12.3. The second kappa shape index (κ2) is 9.88. The van der Waals surface area contributed by atoms with Crippen molar-refractivity contribution >= 4 is 23.5 Å². The Morgan fingerprint density at radius 1 is 1.10 bits per heavy atom. The summed E-state index contributed by atoms with van der Waals surface area (Å²) in [6.45, 7) is 1.47. The summed E-state index contributed by atoms with van der Waals surface area (Å²) in [4.78, 5) is 24.2. The second-order valence-corrected chi connectivity index (χ2v) is 7.24.